The van der Waals surface area contributed by atoms with E-state index in [9.17, 15) is 4.79 Å². The molecule has 0 radical (unpaired) electrons. The molecule has 2 aromatic heterocycles. The van der Waals surface area contributed by atoms with Crippen molar-refractivity contribution in [1.29, 1.82) is 0 Å². The van der Waals surface area contributed by atoms with Gasteiger partial charge < -0.3 is 10.6 Å². The van der Waals surface area contributed by atoms with Crippen molar-refractivity contribution in [2.45, 2.75) is 32.6 Å². The van der Waals surface area contributed by atoms with Crippen LogP contribution in [0.2, 0.25) is 0 Å². The van der Waals surface area contributed by atoms with Crippen LogP contribution in [0.15, 0.2) is 30.6 Å². The van der Waals surface area contributed by atoms with Crippen LogP contribution in [-0.2, 0) is 11.2 Å². The number of hydrogen-bond acceptors (Lipinski definition) is 5. The minimum atomic E-state index is -0.226. The summed E-state index contributed by atoms with van der Waals surface area (Å²) < 4.78 is 0. The van der Waals surface area contributed by atoms with Gasteiger partial charge in [0.15, 0.2) is 5.82 Å². The standard InChI is InChI=1S/C18H23N5O/c1-2-15-11-17(22-18(21-15)14-5-7-20-8-6-14)23-9-3-4-13(12-23)10-16(19)24/h5-8,11,13H,2-4,9-10,12H2,1H3,(H2,19,24). The number of piperidine rings is 1. The number of carbonyl (C=O) groups is 1. The van der Waals surface area contributed by atoms with Crippen LogP contribution in [-0.4, -0.2) is 33.9 Å². The monoisotopic (exact) mass is 325 g/mol. The lowest BCUT2D eigenvalue weighted by Gasteiger charge is -2.33. The third-order valence-corrected chi connectivity index (χ3v) is 4.40. The predicted octanol–water partition coefficient (Wildman–Crippen LogP) is 2.19. The first-order valence-electron chi connectivity index (χ1n) is 8.47. The number of aromatic nitrogens is 3. The molecule has 1 saturated heterocycles. The zero-order valence-corrected chi connectivity index (χ0v) is 14.0. The Morgan fingerprint density at radius 3 is 2.83 bits per heavy atom. The van der Waals surface area contributed by atoms with Gasteiger partial charge >= 0.3 is 0 Å². The number of nitrogens with zero attached hydrogens (tertiary/aromatic N) is 4. The molecule has 1 atom stereocenters. The van der Waals surface area contributed by atoms with Gasteiger partial charge in [0, 0.05) is 49.2 Å². The highest BCUT2D eigenvalue weighted by molar-refractivity contribution is 5.74. The summed E-state index contributed by atoms with van der Waals surface area (Å²) in [5, 5.41) is 0. The average molecular weight is 325 g/mol. The summed E-state index contributed by atoms with van der Waals surface area (Å²) in [6, 6.07) is 5.90. The van der Waals surface area contributed by atoms with Crippen molar-refractivity contribution in [1.82, 2.24) is 15.0 Å². The number of hydrogen-bond donors (Lipinski definition) is 1. The molecule has 0 aromatic carbocycles. The van der Waals surface area contributed by atoms with Gasteiger partial charge in [0.05, 0.1) is 0 Å². The second-order valence-corrected chi connectivity index (χ2v) is 6.26. The molecule has 0 bridgehead atoms. The van der Waals surface area contributed by atoms with Crippen molar-refractivity contribution < 1.29 is 4.79 Å². The second-order valence-electron chi connectivity index (χ2n) is 6.26. The maximum atomic E-state index is 11.2. The maximum Gasteiger partial charge on any atom is 0.217 e. The van der Waals surface area contributed by atoms with Crippen molar-refractivity contribution in [3.63, 3.8) is 0 Å². The van der Waals surface area contributed by atoms with Crippen LogP contribution in [0.25, 0.3) is 11.4 Å². The van der Waals surface area contributed by atoms with Gasteiger partial charge in [0.1, 0.15) is 5.82 Å². The van der Waals surface area contributed by atoms with Gasteiger partial charge in [-0.25, -0.2) is 9.97 Å². The molecule has 3 rings (SSSR count). The molecular weight excluding hydrogens is 302 g/mol. The third kappa shape index (κ3) is 3.88. The van der Waals surface area contributed by atoms with E-state index < -0.39 is 0 Å². The number of primary amides is 1. The maximum absolute atomic E-state index is 11.2. The topological polar surface area (TPSA) is 85.0 Å². The summed E-state index contributed by atoms with van der Waals surface area (Å²) >= 11 is 0. The van der Waals surface area contributed by atoms with Crippen molar-refractivity contribution in [2.24, 2.45) is 11.7 Å². The molecular formula is C18H23N5O. The molecule has 1 aliphatic rings. The lowest BCUT2D eigenvalue weighted by Crippen LogP contribution is -2.37. The summed E-state index contributed by atoms with van der Waals surface area (Å²) in [4.78, 5) is 26.9. The first-order chi connectivity index (χ1) is 11.7. The molecule has 3 heterocycles. The van der Waals surface area contributed by atoms with Gasteiger partial charge in [-0.1, -0.05) is 6.92 Å². The summed E-state index contributed by atoms with van der Waals surface area (Å²) in [6.45, 7) is 3.86. The summed E-state index contributed by atoms with van der Waals surface area (Å²) in [5.41, 5.74) is 7.35. The van der Waals surface area contributed by atoms with Crippen LogP contribution in [0, 0.1) is 5.92 Å². The average Bonchev–Trinajstić information content (AvgIpc) is 2.61. The molecule has 1 aliphatic heterocycles. The van der Waals surface area contributed by atoms with Crippen LogP contribution in [0.5, 0.6) is 0 Å². The highest BCUT2D eigenvalue weighted by Crippen LogP contribution is 2.26. The van der Waals surface area contributed by atoms with Gasteiger partial charge in [-0.05, 0) is 37.3 Å². The van der Waals surface area contributed by atoms with Crippen LogP contribution >= 0.6 is 0 Å². The number of rotatable bonds is 5. The summed E-state index contributed by atoms with van der Waals surface area (Å²) in [7, 11) is 0. The lowest BCUT2D eigenvalue weighted by molar-refractivity contribution is -0.118. The molecule has 0 saturated carbocycles. The Labute approximate surface area is 142 Å². The molecule has 2 aromatic rings. The molecule has 1 fully saturated rings. The van der Waals surface area contributed by atoms with E-state index in [4.69, 9.17) is 10.7 Å². The predicted molar refractivity (Wildman–Crippen MR) is 93.4 cm³/mol. The Hall–Kier alpha value is -2.50. The van der Waals surface area contributed by atoms with Crippen molar-refractivity contribution in [3.05, 3.63) is 36.3 Å². The van der Waals surface area contributed by atoms with Gasteiger partial charge in [-0.3, -0.25) is 9.78 Å². The van der Waals surface area contributed by atoms with Crippen molar-refractivity contribution >= 4 is 11.7 Å². The molecule has 1 unspecified atom stereocenters. The molecule has 2 N–H and O–H groups in total. The van der Waals surface area contributed by atoms with Gasteiger partial charge in [-0.2, -0.15) is 0 Å². The highest BCUT2D eigenvalue weighted by atomic mass is 16.1. The molecule has 0 aliphatic carbocycles. The smallest absolute Gasteiger partial charge is 0.217 e. The van der Waals surface area contributed by atoms with Gasteiger partial charge in [-0.15, -0.1) is 0 Å². The van der Waals surface area contributed by atoms with Crippen molar-refractivity contribution in [3.8, 4) is 11.4 Å². The number of carbonyl (C=O) groups excluding carboxylic acids is 1. The van der Waals surface area contributed by atoms with E-state index in [0.717, 1.165) is 55.3 Å². The van der Waals surface area contributed by atoms with E-state index in [1.807, 2.05) is 12.1 Å². The lowest BCUT2D eigenvalue weighted by atomic mass is 9.94. The fourth-order valence-electron chi connectivity index (χ4n) is 3.18. The van der Waals surface area contributed by atoms with Crippen molar-refractivity contribution in [2.75, 3.05) is 18.0 Å². The van der Waals surface area contributed by atoms with E-state index in [-0.39, 0.29) is 5.91 Å². The van der Waals surface area contributed by atoms with E-state index in [0.29, 0.717) is 12.3 Å². The number of amides is 1. The minimum Gasteiger partial charge on any atom is -0.370 e. The van der Waals surface area contributed by atoms with Crippen LogP contribution in [0.4, 0.5) is 5.82 Å². The number of aryl methyl sites for hydroxylation is 1. The molecule has 24 heavy (non-hydrogen) atoms. The Morgan fingerprint density at radius 1 is 1.33 bits per heavy atom. The summed E-state index contributed by atoms with van der Waals surface area (Å²) in [5.74, 6) is 1.74. The van der Waals surface area contributed by atoms with E-state index >= 15 is 0 Å². The molecule has 6 nitrogen and oxygen atoms in total. The summed E-state index contributed by atoms with van der Waals surface area (Å²) in [6.07, 6.45) is 6.89. The zero-order chi connectivity index (χ0) is 16.9. The quantitative estimate of drug-likeness (QED) is 0.911. The largest absolute Gasteiger partial charge is 0.370 e. The second kappa shape index (κ2) is 7.38. The fraction of sp³-hybridized carbons (Fsp3) is 0.444. The number of pyridine rings is 1. The Kier molecular flexibility index (Phi) is 5.03. The fourth-order valence-corrected chi connectivity index (χ4v) is 3.18. The molecule has 6 heteroatoms. The van der Waals surface area contributed by atoms with E-state index in [1.54, 1.807) is 12.4 Å². The highest BCUT2D eigenvalue weighted by Gasteiger charge is 2.23. The number of anilines is 1. The first-order valence-corrected chi connectivity index (χ1v) is 8.47. The Bertz CT molecular complexity index is 704. The first kappa shape index (κ1) is 16.4. The van der Waals surface area contributed by atoms with E-state index in [1.165, 1.54) is 0 Å². The minimum absolute atomic E-state index is 0.226. The van der Waals surface area contributed by atoms with Gasteiger partial charge in [0.25, 0.3) is 0 Å². The SMILES string of the molecule is CCc1cc(N2CCCC(CC(N)=O)C2)nc(-c2ccncc2)n1. The van der Waals surface area contributed by atoms with Gasteiger partial charge in [0.2, 0.25) is 5.91 Å². The zero-order valence-electron chi connectivity index (χ0n) is 14.0. The molecule has 0 spiro atoms. The van der Waals surface area contributed by atoms with Crippen LogP contribution < -0.4 is 10.6 Å². The normalized spacial score (nSPS) is 17.7. The van der Waals surface area contributed by atoms with Crippen LogP contribution in [0.1, 0.15) is 31.9 Å². The molecule has 1 amide bonds. The third-order valence-electron chi connectivity index (χ3n) is 4.40. The van der Waals surface area contributed by atoms with E-state index in [2.05, 4.69) is 27.9 Å². The Morgan fingerprint density at radius 2 is 2.12 bits per heavy atom. The number of nitrogens with two attached hydrogens (primary N) is 1. The molecule has 126 valence electrons. The van der Waals surface area contributed by atoms with Crippen LogP contribution in [0.3, 0.4) is 0 Å². The Balaban J connectivity index is 1.88.